The number of amides is 1. The summed E-state index contributed by atoms with van der Waals surface area (Å²) in [4.78, 5) is 12.2. The number of primary sulfonamides is 1. The molecule has 140 valence electrons. The van der Waals surface area contributed by atoms with Gasteiger partial charge in [-0.3, -0.25) is 4.79 Å². The zero-order chi connectivity index (χ0) is 19.5. The van der Waals surface area contributed by atoms with Gasteiger partial charge >= 0.3 is 0 Å². The monoisotopic (exact) mass is 395 g/mol. The van der Waals surface area contributed by atoms with Crippen molar-refractivity contribution in [3.05, 3.63) is 58.1 Å². The smallest absolute Gasteiger partial charge is 0.238 e. The van der Waals surface area contributed by atoms with E-state index >= 15 is 0 Å². The molecule has 0 spiro atoms. The van der Waals surface area contributed by atoms with Crippen molar-refractivity contribution in [1.29, 1.82) is 0 Å². The van der Waals surface area contributed by atoms with Crippen LogP contribution in [-0.4, -0.2) is 20.9 Å². The van der Waals surface area contributed by atoms with Crippen molar-refractivity contribution in [3.8, 4) is 0 Å². The number of nitrogens with two attached hydrogens (primary N) is 1. The van der Waals surface area contributed by atoms with Gasteiger partial charge in [-0.2, -0.15) is 0 Å². The van der Waals surface area contributed by atoms with Crippen LogP contribution in [0.4, 0.5) is 5.69 Å². The number of hydrogen-bond donors (Lipinski definition) is 3. The lowest BCUT2D eigenvalue weighted by molar-refractivity contribution is -0.115. The lowest BCUT2D eigenvalue weighted by atomic mass is 10.1. The van der Waals surface area contributed by atoms with Crippen LogP contribution in [0.15, 0.2) is 41.3 Å². The molecule has 4 N–H and O–H groups in total. The maximum Gasteiger partial charge on any atom is 0.238 e. The molecule has 0 unspecified atom stereocenters. The van der Waals surface area contributed by atoms with Crippen LogP contribution in [0.25, 0.3) is 0 Å². The number of benzene rings is 2. The Bertz CT molecular complexity index is 912. The molecule has 0 fully saturated rings. The number of nitrogens with one attached hydrogen (secondary N) is 2. The first-order valence-electron chi connectivity index (χ1n) is 8.00. The fourth-order valence-corrected chi connectivity index (χ4v) is 3.18. The van der Waals surface area contributed by atoms with Gasteiger partial charge in [0.1, 0.15) is 0 Å². The number of hydrogen-bond acceptors (Lipinski definition) is 4. The second-order valence-corrected chi connectivity index (χ2v) is 8.16. The molecule has 1 atom stereocenters. The lowest BCUT2D eigenvalue weighted by Crippen LogP contribution is -2.30. The van der Waals surface area contributed by atoms with Crippen LogP contribution >= 0.6 is 11.6 Å². The third kappa shape index (κ3) is 5.28. The molecule has 2 aromatic rings. The quantitative estimate of drug-likeness (QED) is 0.699. The highest BCUT2D eigenvalue weighted by molar-refractivity contribution is 7.89. The predicted molar refractivity (Wildman–Crippen MR) is 104 cm³/mol. The van der Waals surface area contributed by atoms with E-state index in [1.54, 1.807) is 19.1 Å². The van der Waals surface area contributed by atoms with Crippen LogP contribution in [0.1, 0.15) is 29.7 Å². The van der Waals surface area contributed by atoms with Crippen molar-refractivity contribution in [2.75, 3.05) is 11.9 Å². The minimum Gasteiger partial charge on any atom is -0.325 e. The van der Waals surface area contributed by atoms with Crippen LogP contribution < -0.4 is 15.8 Å². The Balaban J connectivity index is 2.06. The summed E-state index contributed by atoms with van der Waals surface area (Å²) >= 11 is 5.87. The first-order chi connectivity index (χ1) is 12.1. The highest BCUT2D eigenvalue weighted by Gasteiger charge is 2.15. The van der Waals surface area contributed by atoms with E-state index in [-0.39, 0.29) is 23.4 Å². The van der Waals surface area contributed by atoms with Crippen LogP contribution in [0, 0.1) is 13.8 Å². The van der Waals surface area contributed by atoms with Crippen LogP contribution in [0.5, 0.6) is 0 Å². The average molecular weight is 396 g/mol. The summed E-state index contributed by atoms with van der Waals surface area (Å²) in [7, 11) is -3.84. The number of rotatable bonds is 6. The summed E-state index contributed by atoms with van der Waals surface area (Å²) < 4.78 is 23.1. The van der Waals surface area contributed by atoms with Crippen LogP contribution in [-0.2, 0) is 14.8 Å². The molecule has 0 aliphatic rings. The van der Waals surface area contributed by atoms with Gasteiger partial charge in [0.05, 0.1) is 11.4 Å². The Hall–Kier alpha value is -1.93. The van der Waals surface area contributed by atoms with Gasteiger partial charge in [0, 0.05) is 16.8 Å². The van der Waals surface area contributed by atoms with Gasteiger partial charge in [0.2, 0.25) is 15.9 Å². The van der Waals surface area contributed by atoms with E-state index in [4.69, 9.17) is 16.7 Å². The summed E-state index contributed by atoms with van der Waals surface area (Å²) in [6.45, 7) is 5.58. The molecule has 6 nitrogen and oxygen atoms in total. The van der Waals surface area contributed by atoms with Gasteiger partial charge in [-0.1, -0.05) is 23.7 Å². The summed E-state index contributed by atoms with van der Waals surface area (Å²) in [5.74, 6) is -0.278. The summed E-state index contributed by atoms with van der Waals surface area (Å²) in [5, 5.41) is 11.7. The first-order valence-corrected chi connectivity index (χ1v) is 9.93. The first kappa shape index (κ1) is 20.4. The van der Waals surface area contributed by atoms with E-state index in [1.165, 1.54) is 12.1 Å². The molecule has 8 heteroatoms. The molecule has 26 heavy (non-hydrogen) atoms. The molecule has 0 saturated carbocycles. The maximum atomic E-state index is 12.3. The third-order valence-electron chi connectivity index (χ3n) is 4.18. The van der Waals surface area contributed by atoms with Crippen molar-refractivity contribution in [2.45, 2.75) is 31.7 Å². The topological polar surface area (TPSA) is 101 Å². The standard InChI is InChI=1S/C18H22ClN3O3S/c1-11-8-16(26(20,24)25)9-17(12(11)2)22-18(23)10-21-13(3)14-4-6-15(19)7-5-14/h4-9,13,21H,10H2,1-3H3,(H,22,23)(H2,20,24,25)/t13-/m0/s1. The van der Waals surface area contributed by atoms with Crippen molar-refractivity contribution in [1.82, 2.24) is 5.32 Å². The number of carbonyl (C=O) groups is 1. The highest BCUT2D eigenvalue weighted by Crippen LogP contribution is 2.23. The van der Waals surface area contributed by atoms with E-state index in [2.05, 4.69) is 10.6 Å². The van der Waals surface area contributed by atoms with Gasteiger partial charge in [-0.15, -0.1) is 0 Å². The van der Waals surface area contributed by atoms with Crippen LogP contribution in [0.3, 0.4) is 0 Å². The van der Waals surface area contributed by atoms with Crippen molar-refractivity contribution >= 4 is 33.2 Å². The minimum absolute atomic E-state index is 0.0293. The predicted octanol–water partition coefficient (Wildman–Crippen LogP) is 2.89. The normalized spacial score (nSPS) is 12.7. The van der Waals surface area contributed by atoms with Crippen molar-refractivity contribution in [3.63, 3.8) is 0 Å². The average Bonchev–Trinajstić information content (AvgIpc) is 2.56. The minimum atomic E-state index is -3.84. The number of carbonyl (C=O) groups excluding carboxylic acids is 1. The van der Waals surface area contributed by atoms with E-state index in [0.29, 0.717) is 10.7 Å². The summed E-state index contributed by atoms with van der Waals surface area (Å²) in [6, 6.07) is 10.2. The molecule has 0 aliphatic heterocycles. The Labute approximate surface area is 158 Å². The fraction of sp³-hybridized carbons (Fsp3) is 0.278. The number of halogens is 1. The largest absolute Gasteiger partial charge is 0.325 e. The molecule has 0 aromatic heterocycles. The molecular formula is C18H22ClN3O3S. The molecular weight excluding hydrogens is 374 g/mol. The lowest BCUT2D eigenvalue weighted by Gasteiger charge is -2.16. The fourth-order valence-electron chi connectivity index (χ4n) is 2.43. The summed E-state index contributed by atoms with van der Waals surface area (Å²) in [5.41, 5.74) is 2.95. The van der Waals surface area contributed by atoms with Crippen molar-refractivity contribution < 1.29 is 13.2 Å². The zero-order valence-corrected chi connectivity index (χ0v) is 16.4. The second-order valence-electron chi connectivity index (χ2n) is 6.16. The van der Waals surface area contributed by atoms with E-state index in [0.717, 1.165) is 16.7 Å². The molecule has 0 bridgehead atoms. The van der Waals surface area contributed by atoms with Gasteiger partial charge in [-0.25, -0.2) is 13.6 Å². The van der Waals surface area contributed by atoms with Crippen molar-refractivity contribution in [2.24, 2.45) is 5.14 Å². The number of anilines is 1. The SMILES string of the molecule is Cc1cc(S(N)(=O)=O)cc(NC(=O)CN[C@@H](C)c2ccc(Cl)cc2)c1C. The Morgan fingerprint density at radius 2 is 1.81 bits per heavy atom. The molecule has 1 amide bonds. The Morgan fingerprint density at radius 3 is 2.38 bits per heavy atom. The van der Waals surface area contributed by atoms with Gasteiger partial charge in [0.15, 0.2) is 0 Å². The van der Waals surface area contributed by atoms with Gasteiger partial charge < -0.3 is 10.6 Å². The van der Waals surface area contributed by atoms with E-state index in [1.807, 2.05) is 26.0 Å². The van der Waals surface area contributed by atoms with Gasteiger partial charge in [-0.05, 0) is 61.7 Å². The Morgan fingerprint density at radius 1 is 1.19 bits per heavy atom. The highest BCUT2D eigenvalue weighted by atomic mass is 35.5. The van der Waals surface area contributed by atoms with E-state index < -0.39 is 10.0 Å². The molecule has 2 aromatic carbocycles. The van der Waals surface area contributed by atoms with E-state index in [9.17, 15) is 13.2 Å². The molecule has 0 heterocycles. The number of aryl methyl sites for hydroxylation is 1. The van der Waals surface area contributed by atoms with Crippen LogP contribution in [0.2, 0.25) is 5.02 Å². The number of sulfonamides is 1. The third-order valence-corrected chi connectivity index (χ3v) is 5.33. The molecule has 0 saturated heterocycles. The second kappa shape index (κ2) is 8.18. The van der Waals surface area contributed by atoms with Gasteiger partial charge in [0.25, 0.3) is 0 Å². The molecule has 0 aliphatic carbocycles. The molecule has 2 rings (SSSR count). The zero-order valence-electron chi connectivity index (χ0n) is 14.8. The Kier molecular flexibility index (Phi) is 6.41. The maximum absolute atomic E-state index is 12.3. The summed E-state index contributed by atoms with van der Waals surface area (Å²) in [6.07, 6.45) is 0. The molecule has 0 radical (unpaired) electrons.